The highest BCUT2D eigenvalue weighted by Crippen LogP contribution is 2.19. The van der Waals surface area contributed by atoms with Crippen LogP contribution in [-0.4, -0.2) is 79.0 Å². The van der Waals surface area contributed by atoms with E-state index in [0.717, 1.165) is 17.1 Å². The van der Waals surface area contributed by atoms with Crippen molar-refractivity contribution in [3.05, 3.63) is 109 Å². The highest BCUT2D eigenvalue weighted by atomic mass is 32.1. The highest BCUT2D eigenvalue weighted by Gasteiger charge is 2.24. The molecule has 13 nitrogen and oxygen atoms in total. The zero-order valence-electron chi connectivity index (χ0n) is 28.1. The van der Waals surface area contributed by atoms with E-state index >= 15 is 0 Å². The molecule has 1 saturated heterocycles. The van der Waals surface area contributed by atoms with Crippen LogP contribution in [-0.2, 0) is 9.47 Å². The molecule has 0 spiro atoms. The summed E-state index contributed by atoms with van der Waals surface area (Å²) in [5.41, 5.74) is 7.05. The average Bonchev–Trinajstić information content (AvgIpc) is 4.01. The van der Waals surface area contributed by atoms with Gasteiger partial charge in [-0.1, -0.05) is 72.9 Å². The van der Waals surface area contributed by atoms with Crippen molar-refractivity contribution >= 4 is 46.6 Å². The molecule has 0 saturated carbocycles. The third-order valence-electron chi connectivity index (χ3n) is 6.88. The maximum absolute atomic E-state index is 8.63. The second kappa shape index (κ2) is 22.2. The molecule has 0 unspecified atom stereocenters. The van der Waals surface area contributed by atoms with Crippen LogP contribution in [0.5, 0.6) is 0 Å². The van der Waals surface area contributed by atoms with E-state index in [4.69, 9.17) is 44.4 Å². The van der Waals surface area contributed by atoms with Gasteiger partial charge in [0.15, 0.2) is 5.11 Å². The molecule has 50 heavy (non-hydrogen) atoms. The molecule has 0 radical (unpaired) electrons. The van der Waals surface area contributed by atoms with Gasteiger partial charge in [0.1, 0.15) is 25.9 Å². The Hall–Kier alpha value is -5.48. The summed E-state index contributed by atoms with van der Waals surface area (Å²) in [4.78, 5) is 19.2. The van der Waals surface area contributed by atoms with Gasteiger partial charge in [0, 0.05) is 37.6 Å². The van der Waals surface area contributed by atoms with Crippen molar-refractivity contribution in [2.24, 2.45) is 15.7 Å². The highest BCUT2D eigenvalue weighted by molar-refractivity contribution is 7.80. The van der Waals surface area contributed by atoms with Gasteiger partial charge < -0.3 is 20.5 Å². The SMILES string of the molecule is C[C@H](N=C1OCCN1C(=S)CCC#N)c1ccccc1.C[C@H](NC1=NCCO1)c1ccccc1.N#CCN.S=C(n1ccnc1)n1ccnc1. The first-order valence-corrected chi connectivity index (χ1v) is 16.7. The lowest BCUT2D eigenvalue weighted by Crippen LogP contribution is -2.31. The van der Waals surface area contributed by atoms with E-state index < -0.39 is 0 Å². The fourth-order valence-electron chi connectivity index (χ4n) is 4.32. The summed E-state index contributed by atoms with van der Waals surface area (Å²) < 4.78 is 14.3. The third kappa shape index (κ3) is 13.2. The number of thiocarbonyl (C=S) groups is 2. The zero-order valence-corrected chi connectivity index (χ0v) is 29.7. The number of nitrogens with zero attached hydrogens (tertiary/aromatic N) is 9. The van der Waals surface area contributed by atoms with Crippen molar-refractivity contribution in [2.45, 2.75) is 38.8 Å². The minimum atomic E-state index is 0.0190. The summed E-state index contributed by atoms with van der Waals surface area (Å²) in [6, 6.07) is 25.6. The Morgan fingerprint density at radius 3 is 2.02 bits per heavy atom. The molecule has 2 aliphatic heterocycles. The minimum Gasteiger partial charge on any atom is -0.463 e. The van der Waals surface area contributed by atoms with Crippen LogP contribution in [0.2, 0.25) is 0 Å². The molecule has 3 N–H and O–H groups in total. The first-order chi connectivity index (χ1) is 24.4. The second-order valence-corrected chi connectivity index (χ2v) is 11.3. The fourth-order valence-corrected chi connectivity index (χ4v) is 4.81. The Balaban J connectivity index is 0.000000198. The Kier molecular flexibility index (Phi) is 17.3. The van der Waals surface area contributed by atoms with Crippen molar-refractivity contribution in [2.75, 3.05) is 32.8 Å². The Labute approximate surface area is 303 Å². The summed E-state index contributed by atoms with van der Waals surface area (Å²) in [6.07, 6.45) is 11.3. The van der Waals surface area contributed by atoms with E-state index in [-0.39, 0.29) is 18.6 Å². The molecule has 2 aromatic carbocycles. The van der Waals surface area contributed by atoms with E-state index in [2.05, 4.69) is 56.1 Å². The van der Waals surface area contributed by atoms with Crippen molar-refractivity contribution in [1.29, 1.82) is 10.5 Å². The van der Waals surface area contributed by atoms with E-state index in [0.29, 0.717) is 49.8 Å². The molecule has 0 bridgehead atoms. The number of amidine groups is 2. The van der Waals surface area contributed by atoms with Crippen molar-refractivity contribution in [3.8, 4) is 12.1 Å². The Bertz CT molecular complexity index is 1680. The van der Waals surface area contributed by atoms with Crippen LogP contribution in [0.4, 0.5) is 0 Å². The summed E-state index contributed by atoms with van der Waals surface area (Å²) in [7, 11) is 0. The predicted molar refractivity (Wildman–Crippen MR) is 201 cm³/mol. The van der Waals surface area contributed by atoms with Gasteiger partial charge in [-0.2, -0.15) is 10.5 Å². The standard InChI is InChI=1S/C15H17N3OS.C11H14N2O.C7H6N4S.C2H4N2/c1-12(13-6-3-2-4-7-13)17-15-18(10-11-19-15)14(20)8-5-9-16;1-9(10-5-3-2-4-6-10)13-11-12-7-8-14-11;12-7(10-3-1-8-5-10)11-4-2-9-6-11;3-1-2-4/h2-4,6-7,12H,5,8,10-11H2,1H3;2-6,9H,7-8H2,1H3,(H,12,13);1-6H;1,3H2/t12-;9-;;/m00../s1. The number of nitriles is 2. The van der Waals surface area contributed by atoms with E-state index in [9.17, 15) is 0 Å². The summed E-state index contributed by atoms with van der Waals surface area (Å²) in [5.74, 6) is 0. The molecule has 0 aliphatic carbocycles. The lowest BCUT2D eigenvalue weighted by Gasteiger charge is -2.17. The molecular formula is C35H41N11O2S2. The van der Waals surface area contributed by atoms with Gasteiger partial charge in [0.2, 0.25) is 0 Å². The van der Waals surface area contributed by atoms with Crippen LogP contribution in [0.25, 0.3) is 0 Å². The molecule has 2 aliphatic rings. The Morgan fingerprint density at radius 2 is 1.52 bits per heavy atom. The number of imidazole rings is 2. The molecule has 4 aromatic rings. The van der Waals surface area contributed by atoms with Crippen LogP contribution in [0.15, 0.2) is 108 Å². The van der Waals surface area contributed by atoms with Gasteiger partial charge >= 0.3 is 0 Å². The van der Waals surface area contributed by atoms with Crippen LogP contribution in [0.3, 0.4) is 0 Å². The van der Waals surface area contributed by atoms with Gasteiger partial charge in [-0.3, -0.25) is 14.0 Å². The van der Waals surface area contributed by atoms with Gasteiger partial charge in [0.25, 0.3) is 12.0 Å². The smallest absolute Gasteiger partial charge is 0.293 e. The largest absolute Gasteiger partial charge is 0.463 e. The fraction of sp³-hybridized carbons (Fsp3) is 0.314. The average molecular weight is 712 g/mol. The first kappa shape index (κ1) is 39.0. The van der Waals surface area contributed by atoms with Gasteiger partial charge in [-0.25, -0.2) is 20.0 Å². The zero-order chi connectivity index (χ0) is 36.0. The van der Waals surface area contributed by atoms with E-state index in [1.54, 1.807) is 52.6 Å². The number of rotatable bonds is 6. The number of aliphatic imine (C=N–C) groups is 2. The van der Waals surface area contributed by atoms with Crippen molar-refractivity contribution in [1.82, 2.24) is 29.3 Å². The van der Waals surface area contributed by atoms with Crippen LogP contribution in [0, 0.1) is 22.7 Å². The number of nitrogens with one attached hydrogen (secondary N) is 1. The number of hydrogen-bond acceptors (Lipinski definition) is 12. The summed E-state index contributed by atoms with van der Waals surface area (Å²) in [6.45, 7) is 7.02. The number of ether oxygens (including phenoxy) is 2. The van der Waals surface area contributed by atoms with Crippen LogP contribution in [0.1, 0.15) is 49.9 Å². The van der Waals surface area contributed by atoms with Gasteiger partial charge in [-0.05, 0) is 37.2 Å². The van der Waals surface area contributed by atoms with E-state index in [1.807, 2.05) is 60.4 Å². The summed E-state index contributed by atoms with van der Waals surface area (Å²) in [5, 5.41) is 20.0. The predicted octanol–water partition coefficient (Wildman–Crippen LogP) is 5.02. The topological polar surface area (TPSA) is 168 Å². The van der Waals surface area contributed by atoms with E-state index in [1.165, 1.54) is 5.56 Å². The minimum absolute atomic E-state index is 0.0190. The molecule has 6 rings (SSSR count). The van der Waals surface area contributed by atoms with Crippen molar-refractivity contribution in [3.63, 3.8) is 0 Å². The molecule has 4 heterocycles. The quantitative estimate of drug-likeness (QED) is 0.204. The maximum atomic E-state index is 8.63. The molecule has 260 valence electrons. The normalized spacial score (nSPS) is 14.6. The van der Waals surface area contributed by atoms with Crippen LogP contribution >= 0.6 is 24.4 Å². The Morgan fingerprint density at radius 1 is 0.920 bits per heavy atom. The number of aromatic nitrogens is 4. The third-order valence-corrected chi connectivity index (χ3v) is 7.73. The van der Waals surface area contributed by atoms with Crippen molar-refractivity contribution < 1.29 is 9.47 Å². The maximum Gasteiger partial charge on any atom is 0.293 e. The molecule has 0 amide bonds. The molecule has 2 atom stereocenters. The van der Waals surface area contributed by atoms with Gasteiger partial charge in [-0.15, -0.1) is 0 Å². The lowest BCUT2D eigenvalue weighted by atomic mass is 10.1. The number of benzene rings is 2. The lowest BCUT2D eigenvalue weighted by molar-refractivity contribution is 0.327. The van der Waals surface area contributed by atoms with Gasteiger partial charge in [0.05, 0.1) is 48.8 Å². The molecule has 2 aromatic heterocycles. The number of nitrogens with two attached hydrogens (primary N) is 1. The molecule has 15 heteroatoms. The second-order valence-electron chi connectivity index (χ2n) is 10.4. The first-order valence-electron chi connectivity index (χ1n) is 15.9. The monoisotopic (exact) mass is 711 g/mol. The van der Waals surface area contributed by atoms with Crippen LogP contribution < -0.4 is 11.1 Å². The number of hydrogen-bond donors (Lipinski definition) is 2. The molecule has 1 fully saturated rings. The summed E-state index contributed by atoms with van der Waals surface area (Å²) >= 11 is 10.5. The molecular weight excluding hydrogens is 671 g/mol.